The summed E-state index contributed by atoms with van der Waals surface area (Å²) in [6.07, 6.45) is -2.12. The topological polar surface area (TPSA) is 42.4 Å². The van der Waals surface area contributed by atoms with Gasteiger partial charge in [0.1, 0.15) is 5.75 Å². The third-order valence-corrected chi connectivity index (χ3v) is 1.70. The largest absolute Gasteiger partial charge is 0.496 e. The van der Waals surface area contributed by atoms with Crippen molar-refractivity contribution in [1.29, 1.82) is 0 Å². The summed E-state index contributed by atoms with van der Waals surface area (Å²) in [7, 11) is 1.12. The second-order valence-electron chi connectivity index (χ2n) is 2.47. The predicted molar refractivity (Wildman–Crippen MR) is 41.6 cm³/mol. The molecule has 6 heteroatoms. The van der Waals surface area contributed by atoms with E-state index in [9.17, 15) is 13.2 Å². The molecule has 14 heavy (non-hydrogen) atoms. The fraction of sp³-hybridized carbons (Fsp3) is 0.375. The van der Waals surface area contributed by atoms with Crippen molar-refractivity contribution < 1.29 is 23.0 Å². The summed E-state index contributed by atoms with van der Waals surface area (Å²) < 4.78 is 42.2. The Bertz CT molecular complexity index is 331. The zero-order chi connectivity index (χ0) is 10.7. The standard InChI is InChI=1S/C8H8F3NO2/c1-14-6-4(7(9)10)2-12-8(11)5(6)3-13/h2,7,13H,3H2,1H3. The number of methoxy groups -OCH3 is 1. The molecule has 1 aromatic heterocycles. The summed E-state index contributed by atoms with van der Waals surface area (Å²) in [5, 5.41) is 8.73. The molecule has 0 fully saturated rings. The Morgan fingerprint density at radius 2 is 2.21 bits per heavy atom. The first-order valence-corrected chi connectivity index (χ1v) is 3.72. The monoisotopic (exact) mass is 207 g/mol. The first kappa shape index (κ1) is 10.8. The lowest BCUT2D eigenvalue weighted by molar-refractivity contribution is 0.145. The average Bonchev–Trinajstić information content (AvgIpc) is 2.16. The highest BCUT2D eigenvalue weighted by molar-refractivity contribution is 5.39. The molecular formula is C8H8F3NO2. The number of hydrogen-bond acceptors (Lipinski definition) is 3. The number of aromatic nitrogens is 1. The van der Waals surface area contributed by atoms with Gasteiger partial charge in [-0.25, -0.2) is 13.8 Å². The van der Waals surface area contributed by atoms with Gasteiger partial charge in [-0.1, -0.05) is 0 Å². The summed E-state index contributed by atoms with van der Waals surface area (Å²) in [4.78, 5) is 3.09. The lowest BCUT2D eigenvalue weighted by Crippen LogP contribution is -2.03. The highest BCUT2D eigenvalue weighted by Gasteiger charge is 2.20. The van der Waals surface area contributed by atoms with Crippen LogP contribution >= 0.6 is 0 Å². The van der Waals surface area contributed by atoms with Gasteiger partial charge in [-0.3, -0.25) is 0 Å². The van der Waals surface area contributed by atoms with E-state index < -0.39 is 24.5 Å². The number of aliphatic hydroxyl groups excluding tert-OH is 1. The van der Waals surface area contributed by atoms with Crippen molar-refractivity contribution in [3.05, 3.63) is 23.3 Å². The normalized spacial score (nSPS) is 10.7. The molecule has 0 saturated carbocycles. The maximum absolute atomic E-state index is 12.9. The van der Waals surface area contributed by atoms with E-state index in [2.05, 4.69) is 9.72 Å². The number of ether oxygens (including phenoxy) is 1. The summed E-state index contributed by atoms with van der Waals surface area (Å²) in [6, 6.07) is 0. The lowest BCUT2D eigenvalue weighted by atomic mass is 10.2. The molecule has 1 N–H and O–H groups in total. The van der Waals surface area contributed by atoms with E-state index in [0.717, 1.165) is 7.11 Å². The minimum Gasteiger partial charge on any atom is -0.496 e. The van der Waals surface area contributed by atoms with Gasteiger partial charge in [0, 0.05) is 6.20 Å². The Labute approximate surface area is 78.2 Å². The van der Waals surface area contributed by atoms with Crippen LogP contribution in [-0.2, 0) is 6.61 Å². The second-order valence-corrected chi connectivity index (χ2v) is 2.47. The van der Waals surface area contributed by atoms with Crippen LogP contribution in [-0.4, -0.2) is 17.2 Å². The van der Waals surface area contributed by atoms with Gasteiger partial charge < -0.3 is 9.84 Å². The van der Waals surface area contributed by atoms with E-state index in [0.29, 0.717) is 6.20 Å². The van der Waals surface area contributed by atoms with Crippen molar-refractivity contribution in [2.45, 2.75) is 13.0 Å². The van der Waals surface area contributed by atoms with Gasteiger partial charge in [0.15, 0.2) is 0 Å². The summed E-state index contributed by atoms with van der Waals surface area (Å²) >= 11 is 0. The van der Waals surface area contributed by atoms with Crippen LogP contribution in [0.25, 0.3) is 0 Å². The molecule has 0 aromatic carbocycles. The molecule has 0 aliphatic carbocycles. The van der Waals surface area contributed by atoms with Crippen LogP contribution in [0.5, 0.6) is 5.75 Å². The van der Waals surface area contributed by atoms with Crippen molar-refractivity contribution >= 4 is 0 Å². The molecule has 0 spiro atoms. The molecule has 1 heterocycles. The van der Waals surface area contributed by atoms with E-state index >= 15 is 0 Å². The van der Waals surface area contributed by atoms with Gasteiger partial charge in [0.25, 0.3) is 6.43 Å². The lowest BCUT2D eigenvalue weighted by Gasteiger charge is -2.11. The van der Waals surface area contributed by atoms with Gasteiger partial charge in [-0.15, -0.1) is 0 Å². The second kappa shape index (κ2) is 4.28. The molecule has 0 atom stereocenters. The van der Waals surface area contributed by atoms with Gasteiger partial charge in [0.2, 0.25) is 5.95 Å². The maximum Gasteiger partial charge on any atom is 0.268 e. The first-order chi connectivity index (χ1) is 6.61. The molecule has 0 radical (unpaired) electrons. The molecule has 78 valence electrons. The third-order valence-electron chi connectivity index (χ3n) is 1.70. The zero-order valence-electron chi connectivity index (χ0n) is 7.30. The number of alkyl halides is 2. The van der Waals surface area contributed by atoms with E-state index in [1.165, 1.54) is 0 Å². The highest BCUT2D eigenvalue weighted by Crippen LogP contribution is 2.32. The molecule has 3 nitrogen and oxygen atoms in total. The molecule has 1 aromatic rings. The molecule has 0 bridgehead atoms. The van der Waals surface area contributed by atoms with E-state index in [1.807, 2.05) is 0 Å². The number of nitrogens with zero attached hydrogens (tertiary/aromatic N) is 1. The zero-order valence-corrected chi connectivity index (χ0v) is 7.30. The van der Waals surface area contributed by atoms with Gasteiger partial charge in [-0.05, 0) is 0 Å². The van der Waals surface area contributed by atoms with Crippen LogP contribution in [0.1, 0.15) is 17.6 Å². The van der Waals surface area contributed by atoms with Crippen molar-refractivity contribution in [3.8, 4) is 5.75 Å². The Kier molecular flexibility index (Phi) is 3.29. The van der Waals surface area contributed by atoms with Crippen molar-refractivity contribution in [2.24, 2.45) is 0 Å². The number of pyridine rings is 1. The van der Waals surface area contributed by atoms with E-state index in [4.69, 9.17) is 5.11 Å². The SMILES string of the molecule is COc1c(C(F)F)cnc(F)c1CO. The van der Waals surface area contributed by atoms with Gasteiger partial charge >= 0.3 is 0 Å². The van der Waals surface area contributed by atoms with Crippen LogP contribution in [0.2, 0.25) is 0 Å². The number of rotatable bonds is 3. The molecule has 0 amide bonds. The Morgan fingerprint density at radius 1 is 1.57 bits per heavy atom. The highest BCUT2D eigenvalue weighted by atomic mass is 19.3. The fourth-order valence-corrected chi connectivity index (χ4v) is 1.06. The molecule has 0 aliphatic heterocycles. The predicted octanol–water partition coefficient (Wildman–Crippen LogP) is 1.66. The molecule has 0 unspecified atom stereocenters. The number of aliphatic hydroxyl groups is 1. The van der Waals surface area contributed by atoms with Gasteiger partial charge in [-0.2, -0.15) is 4.39 Å². The smallest absolute Gasteiger partial charge is 0.268 e. The van der Waals surface area contributed by atoms with Gasteiger partial charge in [0.05, 0.1) is 24.8 Å². The fourth-order valence-electron chi connectivity index (χ4n) is 1.06. The van der Waals surface area contributed by atoms with Crippen LogP contribution in [0.3, 0.4) is 0 Å². The van der Waals surface area contributed by atoms with Crippen LogP contribution in [0.4, 0.5) is 13.2 Å². The summed E-state index contributed by atoms with van der Waals surface area (Å²) in [5.74, 6) is -1.36. The third kappa shape index (κ3) is 1.79. The van der Waals surface area contributed by atoms with Crippen molar-refractivity contribution in [3.63, 3.8) is 0 Å². The van der Waals surface area contributed by atoms with Crippen LogP contribution in [0, 0.1) is 5.95 Å². The maximum atomic E-state index is 12.9. The minimum absolute atomic E-state index is 0.352. The molecule has 0 aliphatic rings. The van der Waals surface area contributed by atoms with Crippen LogP contribution < -0.4 is 4.74 Å². The number of halogens is 3. The van der Waals surface area contributed by atoms with E-state index in [1.54, 1.807) is 0 Å². The molecular weight excluding hydrogens is 199 g/mol. The molecule has 1 rings (SSSR count). The first-order valence-electron chi connectivity index (χ1n) is 3.72. The van der Waals surface area contributed by atoms with Crippen LogP contribution in [0.15, 0.2) is 6.20 Å². The Balaban J connectivity index is 3.33. The quantitative estimate of drug-likeness (QED) is 0.766. The average molecular weight is 207 g/mol. The number of hydrogen-bond donors (Lipinski definition) is 1. The summed E-state index contributed by atoms with van der Waals surface area (Å²) in [5.41, 5.74) is -0.886. The summed E-state index contributed by atoms with van der Waals surface area (Å²) in [6.45, 7) is -0.734. The minimum atomic E-state index is -2.82. The van der Waals surface area contributed by atoms with Crippen molar-refractivity contribution in [2.75, 3.05) is 7.11 Å². The van der Waals surface area contributed by atoms with E-state index in [-0.39, 0.29) is 11.3 Å². The van der Waals surface area contributed by atoms with Crippen molar-refractivity contribution in [1.82, 2.24) is 4.98 Å². The Morgan fingerprint density at radius 3 is 2.64 bits per heavy atom. The molecule has 0 saturated heterocycles. The Hall–Kier alpha value is -1.30.